The van der Waals surface area contributed by atoms with Crippen LogP contribution < -0.4 is 9.47 Å². The van der Waals surface area contributed by atoms with Gasteiger partial charge in [-0.2, -0.15) is 11.3 Å². The van der Waals surface area contributed by atoms with Gasteiger partial charge in [0, 0.05) is 15.4 Å². The lowest BCUT2D eigenvalue weighted by molar-refractivity contribution is 0.218. The fourth-order valence-electron chi connectivity index (χ4n) is 1.90. The van der Waals surface area contributed by atoms with Crippen molar-refractivity contribution in [3.8, 4) is 11.5 Å². The van der Waals surface area contributed by atoms with Gasteiger partial charge >= 0.3 is 0 Å². The number of benzene rings is 1. The largest absolute Gasteiger partial charge is 0.490 e. The van der Waals surface area contributed by atoms with Crippen LogP contribution in [0, 0.1) is 0 Å². The summed E-state index contributed by atoms with van der Waals surface area (Å²) >= 11 is 5.00. The fourth-order valence-corrected chi connectivity index (χ4v) is 3.44. The van der Waals surface area contributed by atoms with Gasteiger partial charge in [-0.3, -0.25) is 0 Å². The smallest absolute Gasteiger partial charge is 0.161 e. The minimum absolute atomic E-state index is 0.557. The van der Waals surface area contributed by atoms with Gasteiger partial charge in [0.25, 0.3) is 0 Å². The zero-order valence-electron chi connectivity index (χ0n) is 11.4. The van der Waals surface area contributed by atoms with Crippen molar-refractivity contribution in [3.63, 3.8) is 0 Å². The number of hydrogen-bond acceptors (Lipinski definition) is 4. The molecule has 2 rings (SSSR count). The van der Waals surface area contributed by atoms with Gasteiger partial charge < -0.3 is 14.6 Å². The first-order chi connectivity index (χ1) is 9.67. The third kappa shape index (κ3) is 3.34. The van der Waals surface area contributed by atoms with Gasteiger partial charge in [0.15, 0.2) is 11.5 Å². The van der Waals surface area contributed by atoms with E-state index < -0.39 is 6.10 Å². The molecule has 3 nitrogen and oxygen atoms in total. The van der Waals surface area contributed by atoms with Crippen molar-refractivity contribution in [2.24, 2.45) is 0 Å². The topological polar surface area (TPSA) is 38.7 Å². The van der Waals surface area contributed by atoms with E-state index in [1.54, 1.807) is 11.3 Å². The third-order valence-electron chi connectivity index (χ3n) is 2.82. The molecule has 0 spiro atoms. The Morgan fingerprint density at radius 2 is 1.85 bits per heavy atom. The Bertz CT molecular complexity index is 568. The molecule has 1 unspecified atom stereocenters. The van der Waals surface area contributed by atoms with Crippen LogP contribution in [0.25, 0.3) is 0 Å². The molecule has 0 aliphatic rings. The standard InChI is InChI=1S/C15H17BrO3S/c1-3-18-13-6-5-10(7-14(13)19-4-2)15(17)11-8-20-9-12(11)16/h5-9,15,17H,3-4H2,1-2H3. The SMILES string of the molecule is CCOc1ccc(C(O)c2cscc2Br)cc1OCC. The Balaban J connectivity index is 2.32. The number of thiophene rings is 1. The minimum Gasteiger partial charge on any atom is -0.490 e. The highest BCUT2D eigenvalue weighted by Crippen LogP contribution is 2.36. The van der Waals surface area contributed by atoms with Crippen LogP contribution in [0.5, 0.6) is 11.5 Å². The first-order valence-electron chi connectivity index (χ1n) is 6.46. The van der Waals surface area contributed by atoms with Crippen LogP contribution in [-0.2, 0) is 0 Å². The molecule has 5 heteroatoms. The highest BCUT2D eigenvalue weighted by molar-refractivity contribution is 9.10. The van der Waals surface area contributed by atoms with Crippen molar-refractivity contribution >= 4 is 27.3 Å². The van der Waals surface area contributed by atoms with E-state index in [1.165, 1.54) is 0 Å². The van der Waals surface area contributed by atoms with Gasteiger partial charge in [0.1, 0.15) is 6.10 Å². The summed E-state index contributed by atoms with van der Waals surface area (Å²) in [5.74, 6) is 1.37. The normalized spacial score (nSPS) is 12.2. The fraction of sp³-hybridized carbons (Fsp3) is 0.333. The predicted molar refractivity (Wildman–Crippen MR) is 84.9 cm³/mol. The molecule has 1 aromatic heterocycles. The summed E-state index contributed by atoms with van der Waals surface area (Å²) in [4.78, 5) is 0. The van der Waals surface area contributed by atoms with Gasteiger partial charge in [0.2, 0.25) is 0 Å². The lowest BCUT2D eigenvalue weighted by Crippen LogP contribution is -2.03. The molecule has 0 saturated heterocycles. The number of aliphatic hydroxyl groups is 1. The molecule has 1 aromatic carbocycles. The average Bonchev–Trinajstić information content (AvgIpc) is 2.86. The number of halogens is 1. The van der Waals surface area contributed by atoms with Gasteiger partial charge in [0.05, 0.1) is 13.2 Å². The van der Waals surface area contributed by atoms with Crippen LogP contribution >= 0.6 is 27.3 Å². The predicted octanol–water partition coefficient (Wildman–Crippen LogP) is 4.39. The molecule has 108 valence electrons. The van der Waals surface area contributed by atoms with E-state index in [0.29, 0.717) is 24.7 Å². The number of ether oxygens (including phenoxy) is 2. The van der Waals surface area contributed by atoms with Crippen molar-refractivity contribution in [2.75, 3.05) is 13.2 Å². The molecule has 0 saturated carbocycles. The molecule has 0 fully saturated rings. The van der Waals surface area contributed by atoms with E-state index in [2.05, 4.69) is 15.9 Å². The Morgan fingerprint density at radius 3 is 2.45 bits per heavy atom. The van der Waals surface area contributed by atoms with E-state index in [9.17, 15) is 5.11 Å². The van der Waals surface area contributed by atoms with Gasteiger partial charge in [-0.25, -0.2) is 0 Å². The molecule has 0 aliphatic heterocycles. The van der Waals surface area contributed by atoms with Gasteiger partial charge in [-0.05, 0) is 52.9 Å². The van der Waals surface area contributed by atoms with Crippen LogP contribution in [0.2, 0.25) is 0 Å². The van der Waals surface area contributed by atoms with Crippen molar-refractivity contribution in [1.29, 1.82) is 0 Å². The Kier molecular flexibility index (Phi) is 5.46. The molecule has 1 heterocycles. The summed E-state index contributed by atoms with van der Waals surface area (Å²) in [5.41, 5.74) is 1.65. The number of rotatable bonds is 6. The Morgan fingerprint density at radius 1 is 1.15 bits per heavy atom. The molecule has 2 aromatic rings. The molecular weight excluding hydrogens is 340 g/mol. The first kappa shape index (κ1) is 15.4. The monoisotopic (exact) mass is 356 g/mol. The molecule has 1 atom stereocenters. The van der Waals surface area contributed by atoms with Crippen LogP contribution in [0.3, 0.4) is 0 Å². The van der Waals surface area contributed by atoms with Crippen LogP contribution in [0.15, 0.2) is 33.4 Å². The lowest BCUT2D eigenvalue weighted by Gasteiger charge is -2.15. The molecular formula is C15H17BrO3S. The molecule has 0 aliphatic carbocycles. The maximum absolute atomic E-state index is 10.5. The highest BCUT2D eigenvalue weighted by atomic mass is 79.9. The van der Waals surface area contributed by atoms with Gasteiger partial charge in [-0.15, -0.1) is 0 Å². The van der Waals surface area contributed by atoms with E-state index >= 15 is 0 Å². The quantitative estimate of drug-likeness (QED) is 0.833. The average molecular weight is 357 g/mol. The highest BCUT2D eigenvalue weighted by Gasteiger charge is 2.17. The van der Waals surface area contributed by atoms with E-state index in [0.717, 1.165) is 15.6 Å². The van der Waals surface area contributed by atoms with E-state index in [4.69, 9.17) is 9.47 Å². The van der Waals surface area contributed by atoms with Crippen LogP contribution in [-0.4, -0.2) is 18.3 Å². The molecule has 0 bridgehead atoms. The summed E-state index contributed by atoms with van der Waals surface area (Å²) in [6.07, 6.45) is -0.675. The number of hydrogen-bond donors (Lipinski definition) is 1. The molecule has 20 heavy (non-hydrogen) atoms. The van der Waals surface area contributed by atoms with Crippen molar-refractivity contribution in [1.82, 2.24) is 0 Å². The van der Waals surface area contributed by atoms with Crippen LogP contribution in [0.4, 0.5) is 0 Å². The van der Waals surface area contributed by atoms with Crippen LogP contribution in [0.1, 0.15) is 31.1 Å². The Hall–Kier alpha value is -1.04. The third-order valence-corrected chi connectivity index (χ3v) is 4.57. The minimum atomic E-state index is -0.675. The van der Waals surface area contributed by atoms with Crippen molar-refractivity contribution in [3.05, 3.63) is 44.6 Å². The Labute approximate surface area is 131 Å². The zero-order valence-corrected chi connectivity index (χ0v) is 13.8. The lowest BCUT2D eigenvalue weighted by atomic mass is 10.0. The maximum Gasteiger partial charge on any atom is 0.161 e. The van der Waals surface area contributed by atoms with Crippen molar-refractivity contribution < 1.29 is 14.6 Å². The summed E-state index contributed by atoms with van der Waals surface area (Å²) in [5, 5.41) is 14.3. The van der Waals surface area contributed by atoms with Crippen molar-refractivity contribution in [2.45, 2.75) is 20.0 Å². The summed E-state index contributed by atoms with van der Waals surface area (Å²) in [6, 6.07) is 5.54. The second kappa shape index (κ2) is 7.11. The molecule has 1 N–H and O–H groups in total. The molecule has 0 amide bonds. The second-order valence-corrected chi connectivity index (χ2v) is 5.75. The summed E-state index contributed by atoms with van der Waals surface area (Å²) in [7, 11) is 0. The summed E-state index contributed by atoms with van der Waals surface area (Å²) < 4.78 is 12.0. The summed E-state index contributed by atoms with van der Waals surface area (Å²) in [6.45, 7) is 5.00. The zero-order chi connectivity index (χ0) is 14.5. The van der Waals surface area contributed by atoms with E-state index in [-0.39, 0.29) is 0 Å². The second-order valence-electron chi connectivity index (χ2n) is 4.15. The number of aliphatic hydroxyl groups excluding tert-OH is 1. The van der Waals surface area contributed by atoms with E-state index in [1.807, 2.05) is 42.8 Å². The van der Waals surface area contributed by atoms with Gasteiger partial charge in [-0.1, -0.05) is 6.07 Å². The first-order valence-corrected chi connectivity index (χ1v) is 8.20. The maximum atomic E-state index is 10.5. The molecule has 0 radical (unpaired) electrons.